The Balaban J connectivity index is 2.19. The summed E-state index contributed by atoms with van der Waals surface area (Å²) in [5, 5.41) is 14.0. The van der Waals surface area contributed by atoms with Crippen LogP contribution in [0.25, 0.3) is 0 Å². The van der Waals surface area contributed by atoms with Crippen molar-refractivity contribution < 1.29 is 14.1 Å². The van der Waals surface area contributed by atoms with Gasteiger partial charge in [-0.2, -0.15) is 0 Å². The zero-order valence-electron chi connectivity index (χ0n) is 12.4. The maximum Gasteiger partial charge on any atom is 0.313 e. The number of nitro benzene ring substituents is 1. The monoisotopic (exact) mass is 297 g/mol. The van der Waals surface area contributed by atoms with Crippen molar-refractivity contribution in [2.24, 2.45) is 0 Å². The molecule has 0 bridgehead atoms. The van der Waals surface area contributed by atoms with Crippen molar-refractivity contribution in [2.45, 2.75) is 31.8 Å². The van der Waals surface area contributed by atoms with Crippen molar-refractivity contribution >= 4 is 11.4 Å². The second-order valence-electron chi connectivity index (χ2n) is 5.46. The molecule has 1 heterocycles. The van der Waals surface area contributed by atoms with Gasteiger partial charge in [0.25, 0.3) is 0 Å². The Labute approximate surface area is 123 Å². The Morgan fingerprint density at radius 2 is 2.24 bits per heavy atom. The minimum atomic E-state index is -0.649. The maximum absolute atomic E-state index is 14.0. The topological polar surface area (TPSA) is 67.6 Å². The van der Waals surface area contributed by atoms with Gasteiger partial charge in [0, 0.05) is 24.7 Å². The van der Waals surface area contributed by atoms with E-state index in [0.717, 1.165) is 25.5 Å². The van der Waals surface area contributed by atoms with Crippen LogP contribution in [0.5, 0.6) is 5.75 Å². The van der Waals surface area contributed by atoms with Crippen molar-refractivity contribution in [1.29, 1.82) is 0 Å². The second-order valence-corrected chi connectivity index (χ2v) is 5.46. The minimum absolute atomic E-state index is 0.0601. The molecular weight excluding hydrogens is 277 g/mol. The summed E-state index contributed by atoms with van der Waals surface area (Å²) >= 11 is 0. The highest BCUT2D eigenvalue weighted by Crippen LogP contribution is 2.33. The van der Waals surface area contributed by atoms with Crippen LogP contribution in [0.1, 0.15) is 19.8 Å². The normalized spacial score (nSPS) is 22.9. The Hall–Kier alpha value is -1.89. The largest absolute Gasteiger partial charge is 0.490 e. The van der Waals surface area contributed by atoms with Crippen LogP contribution < -0.4 is 10.1 Å². The smallest absolute Gasteiger partial charge is 0.313 e. The highest BCUT2D eigenvalue weighted by Gasteiger charge is 2.25. The lowest BCUT2D eigenvalue weighted by atomic mass is 9.98. The van der Waals surface area contributed by atoms with E-state index in [1.165, 1.54) is 13.2 Å². The first-order chi connectivity index (χ1) is 9.92. The third-order valence-electron chi connectivity index (χ3n) is 4.03. The maximum atomic E-state index is 14.0. The lowest BCUT2D eigenvalue weighted by molar-refractivity contribution is -0.385. The molecule has 0 radical (unpaired) electrons. The number of methoxy groups -OCH3 is 1. The molecule has 1 aromatic carbocycles. The van der Waals surface area contributed by atoms with Gasteiger partial charge in [-0.1, -0.05) is 0 Å². The summed E-state index contributed by atoms with van der Waals surface area (Å²) < 4.78 is 19.0. The number of nitrogens with zero attached hydrogens (tertiary/aromatic N) is 2. The predicted octanol–water partition coefficient (Wildman–Crippen LogP) is 2.64. The minimum Gasteiger partial charge on any atom is -0.490 e. The Morgan fingerprint density at radius 3 is 2.81 bits per heavy atom. The summed E-state index contributed by atoms with van der Waals surface area (Å²) in [5.41, 5.74) is -0.114. The van der Waals surface area contributed by atoms with Crippen molar-refractivity contribution in [3.63, 3.8) is 0 Å². The quantitative estimate of drug-likeness (QED) is 0.683. The van der Waals surface area contributed by atoms with E-state index in [0.29, 0.717) is 6.04 Å². The van der Waals surface area contributed by atoms with E-state index >= 15 is 0 Å². The van der Waals surface area contributed by atoms with Crippen LogP contribution in [-0.2, 0) is 0 Å². The molecular formula is C14H20FN3O3. The molecule has 1 fully saturated rings. The molecule has 7 heteroatoms. The van der Waals surface area contributed by atoms with Gasteiger partial charge in [0.2, 0.25) is 0 Å². The lowest BCUT2D eigenvalue weighted by Crippen LogP contribution is -2.42. The zero-order valence-corrected chi connectivity index (χ0v) is 12.4. The molecule has 0 aliphatic carbocycles. The molecule has 1 aromatic rings. The number of piperidine rings is 1. The second kappa shape index (κ2) is 6.26. The zero-order chi connectivity index (χ0) is 15.6. The average molecular weight is 297 g/mol. The number of hydrogen-bond acceptors (Lipinski definition) is 5. The third kappa shape index (κ3) is 3.41. The van der Waals surface area contributed by atoms with E-state index in [1.54, 1.807) is 0 Å². The van der Waals surface area contributed by atoms with E-state index in [9.17, 15) is 14.5 Å². The van der Waals surface area contributed by atoms with Gasteiger partial charge in [0.1, 0.15) is 0 Å². The number of ether oxygens (including phenoxy) is 1. The molecule has 1 aliphatic heterocycles. The summed E-state index contributed by atoms with van der Waals surface area (Å²) in [6.07, 6.45) is 1.80. The number of rotatable bonds is 4. The summed E-state index contributed by atoms with van der Waals surface area (Å²) in [6, 6.07) is 2.83. The SMILES string of the molecule is COc1cc(NC2CCN(C)C(C)C2)c(F)cc1[N+](=O)[O-]. The van der Waals surface area contributed by atoms with Crippen LogP contribution in [0.4, 0.5) is 15.8 Å². The molecule has 2 rings (SSSR count). The predicted molar refractivity (Wildman–Crippen MR) is 78.3 cm³/mol. The Morgan fingerprint density at radius 1 is 1.52 bits per heavy atom. The molecule has 21 heavy (non-hydrogen) atoms. The first-order valence-corrected chi connectivity index (χ1v) is 6.91. The van der Waals surface area contributed by atoms with E-state index in [2.05, 4.69) is 24.2 Å². The molecule has 1 aliphatic rings. The van der Waals surface area contributed by atoms with Gasteiger partial charge in [-0.15, -0.1) is 0 Å². The fourth-order valence-electron chi connectivity index (χ4n) is 2.60. The molecule has 0 aromatic heterocycles. The van der Waals surface area contributed by atoms with Gasteiger partial charge in [0.05, 0.1) is 23.8 Å². The highest BCUT2D eigenvalue weighted by atomic mass is 19.1. The van der Waals surface area contributed by atoms with Crippen LogP contribution in [0.3, 0.4) is 0 Å². The number of halogens is 1. The summed E-state index contributed by atoms with van der Waals surface area (Å²) in [7, 11) is 3.40. The van der Waals surface area contributed by atoms with Gasteiger partial charge < -0.3 is 15.0 Å². The first kappa shape index (κ1) is 15.5. The van der Waals surface area contributed by atoms with Gasteiger partial charge in [0.15, 0.2) is 11.6 Å². The fourth-order valence-corrected chi connectivity index (χ4v) is 2.60. The molecule has 0 amide bonds. The number of anilines is 1. The number of nitrogens with one attached hydrogen (secondary N) is 1. The Bertz CT molecular complexity index is 538. The number of hydrogen-bond donors (Lipinski definition) is 1. The van der Waals surface area contributed by atoms with E-state index in [4.69, 9.17) is 4.74 Å². The van der Waals surface area contributed by atoms with Gasteiger partial charge in [-0.25, -0.2) is 4.39 Å². The first-order valence-electron chi connectivity index (χ1n) is 6.91. The van der Waals surface area contributed by atoms with Crippen LogP contribution in [0.15, 0.2) is 12.1 Å². The molecule has 1 N–H and O–H groups in total. The average Bonchev–Trinajstić information content (AvgIpc) is 2.44. The van der Waals surface area contributed by atoms with E-state index in [-0.39, 0.29) is 23.2 Å². The highest BCUT2D eigenvalue weighted by molar-refractivity contribution is 5.59. The lowest BCUT2D eigenvalue weighted by Gasteiger charge is -2.35. The van der Waals surface area contributed by atoms with Gasteiger partial charge in [-0.05, 0) is 26.8 Å². The molecule has 6 nitrogen and oxygen atoms in total. The van der Waals surface area contributed by atoms with Crippen molar-refractivity contribution in [3.05, 3.63) is 28.1 Å². The van der Waals surface area contributed by atoms with E-state index in [1.807, 2.05) is 0 Å². The van der Waals surface area contributed by atoms with E-state index < -0.39 is 10.7 Å². The molecule has 2 unspecified atom stereocenters. The molecule has 0 spiro atoms. The molecule has 0 saturated carbocycles. The van der Waals surface area contributed by atoms with Gasteiger partial charge in [-0.3, -0.25) is 10.1 Å². The van der Waals surface area contributed by atoms with Gasteiger partial charge >= 0.3 is 5.69 Å². The van der Waals surface area contributed by atoms with Crippen molar-refractivity contribution in [2.75, 3.05) is 26.0 Å². The number of nitro groups is 1. The van der Waals surface area contributed by atoms with Crippen LogP contribution in [0, 0.1) is 15.9 Å². The molecule has 1 saturated heterocycles. The fraction of sp³-hybridized carbons (Fsp3) is 0.571. The summed E-state index contributed by atoms with van der Waals surface area (Å²) in [6.45, 7) is 3.06. The molecule has 116 valence electrons. The number of likely N-dealkylation sites (tertiary alicyclic amines) is 1. The van der Waals surface area contributed by atoms with Crippen LogP contribution in [-0.4, -0.2) is 42.6 Å². The van der Waals surface area contributed by atoms with Crippen molar-refractivity contribution in [1.82, 2.24) is 4.90 Å². The number of benzene rings is 1. The van der Waals surface area contributed by atoms with Crippen LogP contribution >= 0.6 is 0 Å². The standard InChI is InChI=1S/C14H20FN3O3/c1-9-6-10(4-5-17(9)2)16-12-8-14(21-3)13(18(19)20)7-11(12)15/h7-10,16H,4-6H2,1-3H3. The molecule has 2 atom stereocenters. The summed E-state index contributed by atoms with van der Waals surface area (Å²) in [5.74, 6) is -0.570. The Kier molecular flexibility index (Phi) is 4.62. The van der Waals surface area contributed by atoms with Crippen LogP contribution in [0.2, 0.25) is 0 Å². The summed E-state index contributed by atoms with van der Waals surface area (Å²) in [4.78, 5) is 12.5. The third-order valence-corrected chi connectivity index (χ3v) is 4.03. The van der Waals surface area contributed by atoms with Crippen molar-refractivity contribution in [3.8, 4) is 5.75 Å².